The second kappa shape index (κ2) is 30.1. The van der Waals surface area contributed by atoms with Gasteiger partial charge in [0.2, 0.25) is 0 Å². The van der Waals surface area contributed by atoms with Crippen molar-refractivity contribution in [2.75, 3.05) is 26.4 Å². The molecule has 1 N–H and O–H groups in total. The Morgan fingerprint density at radius 2 is 0.794 bits per heavy atom. The molecule has 202 valence electrons. The SMILES string of the molecule is O=CCCCCCCCCCCCCCCCCCCCCOCCOCCCCCC(=O)O. The minimum absolute atomic E-state index is 0.261. The summed E-state index contributed by atoms with van der Waals surface area (Å²) < 4.78 is 11.1. The molecule has 0 saturated carbocycles. The Bertz CT molecular complexity index is 413. The quantitative estimate of drug-likeness (QED) is 0.0820. The van der Waals surface area contributed by atoms with E-state index >= 15 is 0 Å². The molecule has 0 aromatic heterocycles. The molecule has 5 nitrogen and oxygen atoms in total. The van der Waals surface area contributed by atoms with Crippen molar-refractivity contribution in [2.45, 2.75) is 148 Å². The summed E-state index contributed by atoms with van der Waals surface area (Å²) in [5.74, 6) is -0.714. The molecule has 0 aromatic carbocycles. The molecule has 0 aromatic rings. The lowest BCUT2D eigenvalue weighted by molar-refractivity contribution is -0.137. The zero-order chi connectivity index (χ0) is 24.8. The smallest absolute Gasteiger partial charge is 0.303 e. The van der Waals surface area contributed by atoms with Gasteiger partial charge in [-0.25, -0.2) is 0 Å². The largest absolute Gasteiger partial charge is 0.481 e. The summed E-state index contributed by atoms with van der Waals surface area (Å²) in [6.45, 7) is 2.85. The number of carbonyl (C=O) groups is 2. The van der Waals surface area contributed by atoms with Gasteiger partial charge in [0.1, 0.15) is 6.29 Å². The molecule has 5 heteroatoms. The van der Waals surface area contributed by atoms with E-state index in [0.29, 0.717) is 19.8 Å². The van der Waals surface area contributed by atoms with Crippen LogP contribution >= 0.6 is 0 Å². The van der Waals surface area contributed by atoms with Crippen LogP contribution in [0.15, 0.2) is 0 Å². The number of rotatable bonds is 30. The lowest BCUT2D eigenvalue weighted by Crippen LogP contribution is -2.06. The van der Waals surface area contributed by atoms with Gasteiger partial charge in [-0.3, -0.25) is 4.79 Å². The third kappa shape index (κ3) is 31.1. The predicted molar refractivity (Wildman–Crippen MR) is 142 cm³/mol. The fourth-order valence-electron chi connectivity index (χ4n) is 4.24. The predicted octanol–water partition coefficient (Wildman–Crippen LogP) is 8.28. The first-order chi connectivity index (χ1) is 16.8. The first-order valence-electron chi connectivity index (χ1n) is 14.6. The van der Waals surface area contributed by atoms with Gasteiger partial charge in [-0.15, -0.1) is 0 Å². The third-order valence-electron chi connectivity index (χ3n) is 6.41. The third-order valence-corrected chi connectivity index (χ3v) is 6.41. The maximum Gasteiger partial charge on any atom is 0.303 e. The number of hydrogen-bond acceptors (Lipinski definition) is 4. The van der Waals surface area contributed by atoms with Crippen molar-refractivity contribution in [3.05, 3.63) is 0 Å². The summed E-state index contributed by atoms with van der Waals surface area (Å²) in [7, 11) is 0. The summed E-state index contributed by atoms with van der Waals surface area (Å²) in [6, 6.07) is 0. The maximum atomic E-state index is 10.4. The molecule has 0 bridgehead atoms. The van der Waals surface area contributed by atoms with Crippen molar-refractivity contribution >= 4 is 12.3 Å². The second-order valence-electron chi connectivity index (χ2n) is 9.75. The van der Waals surface area contributed by atoms with Crippen LogP contribution in [0, 0.1) is 0 Å². The van der Waals surface area contributed by atoms with Crippen LogP contribution in [0.25, 0.3) is 0 Å². The lowest BCUT2D eigenvalue weighted by atomic mass is 10.0. The van der Waals surface area contributed by atoms with E-state index in [1.807, 2.05) is 0 Å². The fraction of sp³-hybridized carbons (Fsp3) is 0.931. The average Bonchev–Trinajstić information content (AvgIpc) is 2.83. The minimum Gasteiger partial charge on any atom is -0.481 e. The number of unbranched alkanes of at least 4 members (excludes halogenated alkanes) is 20. The van der Waals surface area contributed by atoms with Gasteiger partial charge in [0.05, 0.1) is 13.2 Å². The average molecular weight is 485 g/mol. The summed E-state index contributed by atoms with van der Waals surface area (Å²) in [4.78, 5) is 20.6. The minimum atomic E-state index is -0.714. The van der Waals surface area contributed by atoms with E-state index in [4.69, 9.17) is 14.6 Å². The molecule has 0 atom stereocenters. The van der Waals surface area contributed by atoms with Crippen molar-refractivity contribution in [1.82, 2.24) is 0 Å². The van der Waals surface area contributed by atoms with E-state index in [0.717, 1.165) is 51.4 Å². The number of aldehydes is 1. The van der Waals surface area contributed by atoms with Gasteiger partial charge in [0, 0.05) is 26.1 Å². The molecule has 0 saturated heterocycles. The van der Waals surface area contributed by atoms with Gasteiger partial charge >= 0.3 is 5.97 Å². The first-order valence-corrected chi connectivity index (χ1v) is 14.6. The number of carboxylic acid groups (broad SMARTS) is 1. The van der Waals surface area contributed by atoms with Crippen molar-refractivity contribution in [2.24, 2.45) is 0 Å². The molecule has 34 heavy (non-hydrogen) atoms. The molecule has 0 aliphatic rings. The highest BCUT2D eigenvalue weighted by Gasteiger charge is 1.98. The van der Waals surface area contributed by atoms with Crippen molar-refractivity contribution in [3.8, 4) is 0 Å². The summed E-state index contributed by atoms with van der Waals surface area (Å²) >= 11 is 0. The van der Waals surface area contributed by atoms with Crippen LogP contribution in [0.4, 0.5) is 0 Å². The monoisotopic (exact) mass is 484 g/mol. The molecule has 0 heterocycles. The van der Waals surface area contributed by atoms with Crippen LogP contribution in [0.5, 0.6) is 0 Å². The van der Waals surface area contributed by atoms with Gasteiger partial charge in [-0.2, -0.15) is 0 Å². The van der Waals surface area contributed by atoms with Gasteiger partial charge in [0.15, 0.2) is 0 Å². The Kier molecular flexibility index (Phi) is 29.3. The highest BCUT2D eigenvalue weighted by molar-refractivity contribution is 5.66. The number of carboxylic acids is 1. The van der Waals surface area contributed by atoms with Crippen molar-refractivity contribution in [1.29, 1.82) is 0 Å². The molecule has 0 amide bonds. The maximum absolute atomic E-state index is 10.4. The second-order valence-corrected chi connectivity index (χ2v) is 9.75. The Balaban J connectivity index is 3.01. The van der Waals surface area contributed by atoms with Gasteiger partial charge < -0.3 is 19.4 Å². The molecular weight excluding hydrogens is 428 g/mol. The van der Waals surface area contributed by atoms with Crippen molar-refractivity contribution in [3.63, 3.8) is 0 Å². The normalized spacial score (nSPS) is 11.2. The fourth-order valence-corrected chi connectivity index (χ4v) is 4.24. The van der Waals surface area contributed by atoms with E-state index in [9.17, 15) is 9.59 Å². The Hall–Kier alpha value is -0.940. The molecule has 0 rings (SSSR count). The molecule has 0 fully saturated rings. The number of aliphatic carboxylic acids is 1. The highest BCUT2D eigenvalue weighted by Crippen LogP contribution is 2.14. The number of ether oxygens (including phenoxy) is 2. The molecule has 0 spiro atoms. The summed E-state index contributed by atoms with van der Waals surface area (Å²) in [5.41, 5.74) is 0. The van der Waals surface area contributed by atoms with Crippen molar-refractivity contribution < 1.29 is 24.2 Å². The highest BCUT2D eigenvalue weighted by atomic mass is 16.5. The zero-order valence-electron chi connectivity index (χ0n) is 22.2. The molecule has 0 aliphatic carbocycles. The standard InChI is InChI=1S/C29H56O5/c30-24-20-16-14-12-10-8-6-4-2-1-3-5-7-9-11-13-15-17-21-25-33-27-28-34-26-22-18-19-23-29(31)32/h24H,1-23,25-28H2,(H,31,32). The Morgan fingerprint density at radius 3 is 1.15 bits per heavy atom. The van der Waals surface area contributed by atoms with E-state index in [1.165, 1.54) is 103 Å². The molecular formula is C29H56O5. The topological polar surface area (TPSA) is 72.8 Å². The Morgan fingerprint density at radius 1 is 0.471 bits per heavy atom. The molecule has 0 unspecified atom stereocenters. The van der Waals surface area contributed by atoms with Crippen LogP contribution in [-0.4, -0.2) is 43.8 Å². The van der Waals surface area contributed by atoms with E-state index in [-0.39, 0.29) is 6.42 Å². The molecule has 0 aliphatic heterocycles. The van der Waals surface area contributed by atoms with Gasteiger partial charge in [-0.05, 0) is 25.7 Å². The van der Waals surface area contributed by atoms with Crippen LogP contribution in [0.1, 0.15) is 148 Å². The molecule has 0 radical (unpaired) electrons. The number of carbonyl (C=O) groups excluding carboxylic acids is 1. The van der Waals surface area contributed by atoms with Gasteiger partial charge in [-0.1, -0.05) is 109 Å². The number of hydrogen-bond donors (Lipinski definition) is 1. The summed E-state index contributed by atoms with van der Waals surface area (Å²) in [5, 5.41) is 8.56. The van der Waals surface area contributed by atoms with E-state index < -0.39 is 5.97 Å². The first kappa shape index (κ1) is 33.1. The van der Waals surface area contributed by atoms with Gasteiger partial charge in [0.25, 0.3) is 0 Å². The Labute approximate surface area is 210 Å². The van der Waals surface area contributed by atoms with Crippen LogP contribution in [0.2, 0.25) is 0 Å². The lowest BCUT2D eigenvalue weighted by Gasteiger charge is -2.06. The zero-order valence-corrected chi connectivity index (χ0v) is 22.2. The van der Waals surface area contributed by atoms with Crippen LogP contribution in [0.3, 0.4) is 0 Å². The van der Waals surface area contributed by atoms with E-state index in [2.05, 4.69) is 0 Å². The van der Waals surface area contributed by atoms with E-state index in [1.54, 1.807) is 0 Å². The van der Waals surface area contributed by atoms with Crippen LogP contribution < -0.4 is 0 Å². The summed E-state index contributed by atoms with van der Waals surface area (Å²) in [6.07, 6.45) is 28.7. The van der Waals surface area contributed by atoms with Crippen LogP contribution in [-0.2, 0) is 19.1 Å².